The molecule has 1 unspecified atom stereocenters. The van der Waals surface area contributed by atoms with E-state index in [1.165, 1.54) is 16.0 Å². The Labute approximate surface area is 125 Å². The number of halogens is 1. The third-order valence-corrected chi connectivity index (χ3v) is 5.53. The number of thiophene rings is 1. The van der Waals surface area contributed by atoms with Crippen LogP contribution in [0.25, 0.3) is 0 Å². The lowest BCUT2D eigenvalue weighted by molar-refractivity contribution is 0.306. The van der Waals surface area contributed by atoms with Crippen molar-refractivity contribution in [2.75, 3.05) is 7.05 Å². The van der Waals surface area contributed by atoms with E-state index < -0.39 is 0 Å². The zero-order chi connectivity index (χ0) is 13.2. The van der Waals surface area contributed by atoms with Crippen molar-refractivity contribution in [2.24, 2.45) is 0 Å². The molecule has 0 fully saturated rings. The molecule has 1 N–H and O–H groups in total. The lowest BCUT2D eigenvalue weighted by atomic mass is 10.1. The van der Waals surface area contributed by atoms with E-state index in [1.807, 2.05) is 7.05 Å². The highest BCUT2D eigenvalue weighted by atomic mass is 79.9. The van der Waals surface area contributed by atoms with Crippen molar-refractivity contribution >= 4 is 27.3 Å². The van der Waals surface area contributed by atoms with Gasteiger partial charge in [-0.25, -0.2) is 0 Å². The van der Waals surface area contributed by atoms with Gasteiger partial charge in [0.15, 0.2) is 0 Å². The molecule has 3 rings (SSSR count). The fraction of sp³-hybridized carbons (Fsp3) is 0.333. The first-order valence-electron chi connectivity index (χ1n) is 6.43. The second-order valence-electron chi connectivity index (χ2n) is 4.68. The molecule has 0 saturated carbocycles. The summed E-state index contributed by atoms with van der Waals surface area (Å²) < 4.78 is 7.16. The summed E-state index contributed by atoms with van der Waals surface area (Å²) in [5.74, 6) is 1.04. The van der Waals surface area contributed by atoms with Gasteiger partial charge in [0.2, 0.25) is 0 Å². The SMILES string of the molecule is CNC1CCc2c(OCc3sccc3Br)cccc21. The number of hydrogen-bond donors (Lipinski definition) is 1. The van der Waals surface area contributed by atoms with Crippen LogP contribution in [-0.4, -0.2) is 7.05 Å². The van der Waals surface area contributed by atoms with Gasteiger partial charge in [-0.1, -0.05) is 12.1 Å². The summed E-state index contributed by atoms with van der Waals surface area (Å²) in [6.07, 6.45) is 2.26. The lowest BCUT2D eigenvalue weighted by Gasteiger charge is -2.12. The molecule has 1 aromatic heterocycles. The molecule has 2 aromatic rings. The zero-order valence-corrected chi connectivity index (χ0v) is 13.2. The minimum atomic E-state index is 0.479. The highest BCUT2D eigenvalue weighted by molar-refractivity contribution is 9.10. The van der Waals surface area contributed by atoms with Crippen molar-refractivity contribution in [1.82, 2.24) is 5.32 Å². The summed E-state index contributed by atoms with van der Waals surface area (Å²) in [4.78, 5) is 1.24. The van der Waals surface area contributed by atoms with Gasteiger partial charge in [0.25, 0.3) is 0 Å². The Kier molecular flexibility index (Phi) is 3.91. The molecule has 100 valence electrons. The number of benzene rings is 1. The average molecular weight is 338 g/mol. The van der Waals surface area contributed by atoms with Crippen LogP contribution in [0.4, 0.5) is 0 Å². The fourth-order valence-electron chi connectivity index (χ4n) is 2.63. The molecule has 2 nitrogen and oxygen atoms in total. The normalized spacial score (nSPS) is 17.5. The van der Waals surface area contributed by atoms with Crippen LogP contribution >= 0.6 is 27.3 Å². The number of rotatable bonds is 4. The lowest BCUT2D eigenvalue weighted by Crippen LogP contribution is -2.12. The minimum absolute atomic E-state index is 0.479. The maximum Gasteiger partial charge on any atom is 0.124 e. The maximum atomic E-state index is 6.02. The molecule has 0 spiro atoms. The van der Waals surface area contributed by atoms with Crippen LogP contribution in [0.1, 0.15) is 28.5 Å². The van der Waals surface area contributed by atoms with Crippen LogP contribution in [0.3, 0.4) is 0 Å². The van der Waals surface area contributed by atoms with Crippen molar-refractivity contribution in [3.63, 3.8) is 0 Å². The minimum Gasteiger partial charge on any atom is -0.488 e. The Morgan fingerprint density at radius 3 is 3.05 bits per heavy atom. The van der Waals surface area contributed by atoms with Gasteiger partial charge < -0.3 is 10.1 Å². The molecule has 0 radical (unpaired) electrons. The Bertz CT molecular complexity index is 581. The smallest absolute Gasteiger partial charge is 0.124 e. The van der Waals surface area contributed by atoms with Crippen LogP contribution in [0.2, 0.25) is 0 Å². The fourth-order valence-corrected chi connectivity index (χ4v) is 4.01. The molecule has 0 saturated heterocycles. The van der Waals surface area contributed by atoms with Gasteiger partial charge in [-0.05, 0) is 64.5 Å². The molecule has 0 bridgehead atoms. The van der Waals surface area contributed by atoms with Crippen molar-refractivity contribution in [3.05, 3.63) is 50.1 Å². The molecule has 1 aliphatic carbocycles. The van der Waals surface area contributed by atoms with Crippen LogP contribution < -0.4 is 10.1 Å². The third kappa shape index (κ3) is 2.57. The summed E-state index contributed by atoms with van der Waals surface area (Å²) in [6, 6.07) is 8.92. The van der Waals surface area contributed by atoms with Gasteiger partial charge in [-0.3, -0.25) is 0 Å². The highest BCUT2D eigenvalue weighted by Crippen LogP contribution is 2.37. The van der Waals surface area contributed by atoms with Crippen molar-refractivity contribution < 1.29 is 4.74 Å². The molecule has 1 aliphatic rings. The Balaban J connectivity index is 1.79. The van der Waals surface area contributed by atoms with Crippen LogP contribution in [-0.2, 0) is 13.0 Å². The second-order valence-corrected chi connectivity index (χ2v) is 6.54. The first-order chi connectivity index (χ1) is 9.29. The van der Waals surface area contributed by atoms with Gasteiger partial charge in [0.1, 0.15) is 12.4 Å². The van der Waals surface area contributed by atoms with E-state index in [9.17, 15) is 0 Å². The quantitative estimate of drug-likeness (QED) is 0.898. The van der Waals surface area contributed by atoms with E-state index in [4.69, 9.17) is 4.74 Å². The first-order valence-corrected chi connectivity index (χ1v) is 8.10. The summed E-state index contributed by atoms with van der Waals surface area (Å²) in [7, 11) is 2.02. The predicted molar refractivity (Wildman–Crippen MR) is 82.9 cm³/mol. The van der Waals surface area contributed by atoms with Gasteiger partial charge in [0, 0.05) is 10.5 Å². The molecular formula is C15H16BrNOS. The van der Waals surface area contributed by atoms with Crippen molar-refractivity contribution in [3.8, 4) is 5.75 Å². The van der Waals surface area contributed by atoms with Crippen LogP contribution in [0, 0.1) is 0 Å². The molecule has 1 atom stereocenters. The zero-order valence-electron chi connectivity index (χ0n) is 10.8. The predicted octanol–water partition coefficient (Wildman–Crippen LogP) is 4.30. The molecule has 19 heavy (non-hydrogen) atoms. The Morgan fingerprint density at radius 1 is 1.42 bits per heavy atom. The summed E-state index contributed by atoms with van der Waals surface area (Å²) >= 11 is 5.27. The molecule has 1 aromatic carbocycles. The number of hydrogen-bond acceptors (Lipinski definition) is 3. The van der Waals surface area contributed by atoms with Crippen molar-refractivity contribution in [2.45, 2.75) is 25.5 Å². The van der Waals surface area contributed by atoms with Crippen molar-refractivity contribution in [1.29, 1.82) is 0 Å². The van der Waals surface area contributed by atoms with E-state index in [0.717, 1.165) is 23.1 Å². The highest BCUT2D eigenvalue weighted by Gasteiger charge is 2.23. The van der Waals surface area contributed by atoms with Gasteiger partial charge in [-0.2, -0.15) is 0 Å². The van der Waals surface area contributed by atoms with Crippen LogP contribution in [0.5, 0.6) is 5.75 Å². The average Bonchev–Trinajstić information content (AvgIpc) is 3.02. The number of ether oxygens (including phenoxy) is 1. The standard InChI is InChI=1S/C15H16BrNOS/c1-17-13-6-5-11-10(13)3-2-4-14(11)18-9-15-12(16)7-8-19-15/h2-4,7-8,13,17H,5-6,9H2,1H3. The van der Waals surface area contributed by atoms with Gasteiger partial charge >= 0.3 is 0 Å². The van der Waals surface area contributed by atoms with E-state index in [0.29, 0.717) is 12.6 Å². The van der Waals surface area contributed by atoms with E-state index >= 15 is 0 Å². The first kappa shape index (κ1) is 13.2. The molecule has 1 heterocycles. The molecular weight excluding hydrogens is 322 g/mol. The van der Waals surface area contributed by atoms with Gasteiger partial charge in [-0.15, -0.1) is 11.3 Å². The largest absolute Gasteiger partial charge is 0.488 e. The van der Waals surface area contributed by atoms with E-state index in [-0.39, 0.29) is 0 Å². The van der Waals surface area contributed by atoms with E-state index in [2.05, 4.69) is 50.9 Å². The third-order valence-electron chi connectivity index (χ3n) is 3.63. The Hall–Kier alpha value is -0.840. The molecule has 0 amide bonds. The van der Waals surface area contributed by atoms with Crippen LogP contribution in [0.15, 0.2) is 34.1 Å². The topological polar surface area (TPSA) is 21.3 Å². The summed E-state index contributed by atoms with van der Waals surface area (Å²) in [6.45, 7) is 0.638. The number of fused-ring (bicyclic) bond motifs is 1. The molecule has 4 heteroatoms. The maximum absolute atomic E-state index is 6.02. The molecule has 0 aliphatic heterocycles. The van der Waals surface area contributed by atoms with E-state index in [1.54, 1.807) is 11.3 Å². The second kappa shape index (κ2) is 5.65. The summed E-state index contributed by atoms with van der Waals surface area (Å²) in [5.41, 5.74) is 2.76. The number of nitrogens with one attached hydrogen (secondary N) is 1. The summed E-state index contributed by atoms with van der Waals surface area (Å²) in [5, 5.41) is 5.44. The van der Waals surface area contributed by atoms with Gasteiger partial charge in [0.05, 0.1) is 4.88 Å². The Morgan fingerprint density at radius 2 is 2.32 bits per heavy atom. The monoisotopic (exact) mass is 337 g/mol.